The van der Waals surface area contributed by atoms with Gasteiger partial charge >= 0.3 is 6.18 Å². The van der Waals surface area contributed by atoms with Gasteiger partial charge in [0.05, 0.1) is 16.6 Å². The van der Waals surface area contributed by atoms with Crippen LogP contribution in [0.5, 0.6) is 0 Å². The van der Waals surface area contributed by atoms with Crippen LogP contribution in [-0.2, 0) is 12.6 Å². The molecular weight excluding hydrogens is 389 g/mol. The Hall–Kier alpha value is -2.89. The van der Waals surface area contributed by atoms with E-state index < -0.39 is 17.3 Å². The number of rotatable bonds is 4. The van der Waals surface area contributed by atoms with Gasteiger partial charge in [-0.05, 0) is 43.0 Å². The van der Waals surface area contributed by atoms with Gasteiger partial charge in [-0.25, -0.2) is 0 Å². The number of nitrogens with one attached hydrogen (secondary N) is 1. The summed E-state index contributed by atoms with van der Waals surface area (Å²) in [5.41, 5.74) is 0.651. The van der Waals surface area contributed by atoms with Gasteiger partial charge in [-0.2, -0.15) is 13.2 Å². The molecule has 156 valence electrons. The van der Waals surface area contributed by atoms with Crippen LogP contribution >= 0.6 is 0 Å². The van der Waals surface area contributed by atoms with Crippen molar-refractivity contribution in [2.24, 2.45) is 0 Å². The zero-order valence-electron chi connectivity index (χ0n) is 16.5. The molecule has 1 saturated carbocycles. The Morgan fingerprint density at radius 1 is 1.00 bits per heavy atom. The molecule has 0 unspecified atom stereocenters. The molecule has 1 aromatic heterocycles. The number of amides is 1. The van der Waals surface area contributed by atoms with Crippen LogP contribution in [0.3, 0.4) is 0 Å². The summed E-state index contributed by atoms with van der Waals surface area (Å²) in [4.78, 5) is 17.4. The average molecular weight is 412 g/mol. The molecular formula is C24H23F3N2O. The maximum absolute atomic E-state index is 13.1. The summed E-state index contributed by atoms with van der Waals surface area (Å²) in [5, 5.41) is 4.04. The monoisotopic (exact) mass is 412 g/mol. The number of halogens is 3. The maximum atomic E-state index is 13.1. The normalized spacial score (nSPS) is 16.4. The van der Waals surface area contributed by atoms with E-state index in [1.54, 1.807) is 18.3 Å². The van der Waals surface area contributed by atoms with E-state index in [0.717, 1.165) is 49.1 Å². The topological polar surface area (TPSA) is 42.0 Å². The second kappa shape index (κ2) is 8.09. The molecule has 1 N–H and O–H groups in total. The summed E-state index contributed by atoms with van der Waals surface area (Å²) in [6.45, 7) is 0. The van der Waals surface area contributed by atoms with Crippen LogP contribution in [0, 0.1) is 0 Å². The summed E-state index contributed by atoms with van der Waals surface area (Å²) in [5.74, 6) is -0.234. The van der Waals surface area contributed by atoms with Crippen LogP contribution in [0.4, 0.5) is 13.2 Å². The van der Waals surface area contributed by atoms with E-state index in [-0.39, 0.29) is 5.91 Å². The quantitative estimate of drug-likeness (QED) is 0.577. The molecule has 6 heteroatoms. The smallest absolute Gasteiger partial charge is 0.346 e. The van der Waals surface area contributed by atoms with Crippen LogP contribution < -0.4 is 5.32 Å². The van der Waals surface area contributed by atoms with Crippen molar-refractivity contribution >= 4 is 16.8 Å². The fourth-order valence-corrected chi connectivity index (χ4v) is 4.33. The Labute approximate surface area is 173 Å². The van der Waals surface area contributed by atoms with Crippen LogP contribution in [0.25, 0.3) is 10.9 Å². The van der Waals surface area contributed by atoms with E-state index in [4.69, 9.17) is 0 Å². The van der Waals surface area contributed by atoms with Gasteiger partial charge in [0.2, 0.25) is 0 Å². The number of carbonyl (C=O) groups is 1. The first-order valence-corrected chi connectivity index (χ1v) is 10.2. The number of hydrogen-bond donors (Lipinski definition) is 1. The van der Waals surface area contributed by atoms with Crippen molar-refractivity contribution in [2.75, 3.05) is 0 Å². The van der Waals surface area contributed by atoms with Gasteiger partial charge in [0.1, 0.15) is 0 Å². The van der Waals surface area contributed by atoms with E-state index in [2.05, 4.69) is 10.3 Å². The lowest BCUT2D eigenvalue weighted by molar-refractivity contribution is -0.137. The SMILES string of the molecule is O=C(NC1(Cc2cccc(C(F)(F)F)c2)CCCCC1)c1cnc2ccccc2c1. The molecule has 1 amide bonds. The summed E-state index contributed by atoms with van der Waals surface area (Å²) < 4.78 is 39.4. The van der Waals surface area contributed by atoms with Gasteiger partial charge < -0.3 is 5.32 Å². The van der Waals surface area contributed by atoms with Gasteiger partial charge in [0.15, 0.2) is 0 Å². The minimum Gasteiger partial charge on any atom is -0.346 e. The lowest BCUT2D eigenvalue weighted by Gasteiger charge is -2.38. The first-order valence-electron chi connectivity index (χ1n) is 10.2. The van der Waals surface area contributed by atoms with Crippen molar-refractivity contribution in [3.63, 3.8) is 0 Å². The molecule has 0 radical (unpaired) electrons. The minimum absolute atomic E-state index is 0.234. The van der Waals surface area contributed by atoms with Crippen molar-refractivity contribution in [3.8, 4) is 0 Å². The predicted molar refractivity (Wildman–Crippen MR) is 110 cm³/mol. The molecule has 30 heavy (non-hydrogen) atoms. The summed E-state index contributed by atoms with van der Waals surface area (Å²) in [6, 6.07) is 14.8. The highest BCUT2D eigenvalue weighted by atomic mass is 19.4. The largest absolute Gasteiger partial charge is 0.416 e. The lowest BCUT2D eigenvalue weighted by atomic mass is 9.77. The Bertz CT molecular complexity index is 1060. The van der Waals surface area contributed by atoms with Crippen LogP contribution in [0.1, 0.15) is 53.6 Å². The molecule has 0 spiro atoms. The number of nitrogens with zero attached hydrogens (tertiary/aromatic N) is 1. The standard InChI is InChI=1S/C24H23F3N2O/c25-24(26,27)20-9-6-7-17(13-20)15-23(11-4-1-5-12-23)29-22(30)19-14-18-8-2-3-10-21(18)28-16-19/h2-3,6-10,13-14,16H,1,4-5,11-12,15H2,(H,29,30). The summed E-state index contributed by atoms with van der Waals surface area (Å²) in [7, 11) is 0. The molecule has 0 bridgehead atoms. The van der Waals surface area contributed by atoms with Crippen molar-refractivity contribution < 1.29 is 18.0 Å². The molecule has 1 fully saturated rings. The Morgan fingerprint density at radius 2 is 1.77 bits per heavy atom. The highest BCUT2D eigenvalue weighted by Gasteiger charge is 2.35. The lowest BCUT2D eigenvalue weighted by Crippen LogP contribution is -2.51. The molecule has 3 nitrogen and oxygen atoms in total. The van der Waals surface area contributed by atoms with E-state index >= 15 is 0 Å². The zero-order chi connectivity index (χ0) is 21.2. The molecule has 3 aromatic rings. The molecule has 1 aliphatic carbocycles. The van der Waals surface area contributed by atoms with Crippen molar-refractivity contribution in [2.45, 2.75) is 50.2 Å². The van der Waals surface area contributed by atoms with E-state index in [1.807, 2.05) is 24.3 Å². The number of hydrogen-bond acceptors (Lipinski definition) is 2. The Kier molecular flexibility index (Phi) is 5.50. The van der Waals surface area contributed by atoms with Crippen molar-refractivity contribution in [1.82, 2.24) is 10.3 Å². The molecule has 1 aliphatic rings. The second-order valence-electron chi connectivity index (χ2n) is 8.09. The Balaban J connectivity index is 1.59. The number of fused-ring (bicyclic) bond motifs is 1. The van der Waals surface area contributed by atoms with Gasteiger partial charge in [0, 0.05) is 17.1 Å². The fraction of sp³-hybridized carbons (Fsp3) is 0.333. The van der Waals surface area contributed by atoms with E-state index in [1.165, 1.54) is 12.1 Å². The Morgan fingerprint density at radius 3 is 2.53 bits per heavy atom. The molecule has 0 atom stereocenters. The molecule has 2 aromatic carbocycles. The van der Waals surface area contributed by atoms with Crippen molar-refractivity contribution in [3.05, 3.63) is 77.5 Å². The number of benzene rings is 2. The highest BCUT2D eigenvalue weighted by Crippen LogP contribution is 2.34. The van der Waals surface area contributed by atoms with Crippen LogP contribution in [0.2, 0.25) is 0 Å². The van der Waals surface area contributed by atoms with Crippen LogP contribution in [-0.4, -0.2) is 16.4 Å². The fourth-order valence-electron chi connectivity index (χ4n) is 4.33. The molecule has 1 heterocycles. The van der Waals surface area contributed by atoms with Gasteiger partial charge in [-0.15, -0.1) is 0 Å². The van der Waals surface area contributed by atoms with E-state index in [0.29, 0.717) is 17.5 Å². The van der Waals surface area contributed by atoms with Crippen LogP contribution in [0.15, 0.2) is 60.8 Å². The summed E-state index contributed by atoms with van der Waals surface area (Å²) >= 11 is 0. The number of aromatic nitrogens is 1. The van der Waals surface area contributed by atoms with Crippen molar-refractivity contribution in [1.29, 1.82) is 0 Å². The van der Waals surface area contributed by atoms with Gasteiger partial charge in [-0.1, -0.05) is 55.7 Å². The maximum Gasteiger partial charge on any atom is 0.416 e. The first-order chi connectivity index (χ1) is 14.3. The van der Waals surface area contributed by atoms with E-state index in [9.17, 15) is 18.0 Å². The zero-order valence-corrected chi connectivity index (χ0v) is 16.5. The number of carbonyl (C=O) groups excluding carboxylic acids is 1. The third kappa shape index (κ3) is 4.48. The number of para-hydroxylation sites is 1. The van der Waals surface area contributed by atoms with Gasteiger partial charge in [0.25, 0.3) is 5.91 Å². The molecule has 0 aliphatic heterocycles. The minimum atomic E-state index is -4.38. The predicted octanol–water partition coefficient (Wildman–Crippen LogP) is 5.93. The molecule has 4 rings (SSSR count). The third-order valence-electron chi connectivity index (χ3n) is 5.84. The molecule has 0 saturated heterocycles. The average Bonchev–Trinajstić information content (AvgIpc) is 2.73. The number of pyridine rings is 1. The van der Waals surface area contributed by atoms with Gasteiger partial charge in [-0.3, -0.25) is 9.78 Å². The first kappa shape index (κ1) is 20.4. The second-order valence-corrected chi connectivity index (χ2v) is 8.09. The third-order valence-corrected chi connectivity index (χ3v) is 5.84. The number of alkyl halides is 3. The highest BCUT2D eigenvalue weighted by molar-refractivity contribution is 5.97. The summed E-state index contributed by atoms with van der Waals surface area (Å²) in [6.07, 6.45) is 1.99.